The number of para-hydroxylation sites is 1. The summed E-state index contributed by atoms with van der Waals surface area (Å²) in [5, 5.41) is 0.652. The van der Waals surface area contributed by atoms with E-state index in [0.29, 0.717) is 16.6 Å². The number of thioether (sulfide) groups is 1. The number of aliphatic imine (C=N–C) groups is 1. The Morgan fingerprint density at radius 1 is 0.903 bits per heavy atom. The molecule has 0 radical (unpaired) electrons. The largest absolute Gasteiger partial charge is 0.497 e. The van der Waals surface area contributed by atoms with Gasteiger partial charge in [-0.15, -0.1) is 0 Å². The molecule has 156 valence electrons. The first-order valence-electron chi connectivity index (χ1n) is 9.78. The minimum Gasteiger partial charge on any atom is -0.497 e. The lowest BCUT2D eigenvalue weighted by atomic mass is 10.2. The third kappa shape index (κ3) is 4.98. The van der Waals surface area contributed by atoms with Crippen molar-refractivity contribution in [1.82, 2.24) is 4.90 Å². The van der Waals surface area contributed by atoms with Gasteiger partial charge in [-0.1, -0.05) is 42.5 Å². The molecule has 0 atom stereocenters. The fourth-order valence-corrected chi connectivity index (χ4v) is 4.15. The predicted molar refractivity (Wildman–Crippen MR) is 126 cm³/mol. The van der Waals surface area contributed by atoms with Crippen LogP contribution >= 0.6 is 11.8 Å². The number of carbonyl (C=O) groups excluding carboxylic acids is 1. The number of methoxy groups -OCH3 is 2. The molecule has 1 heterocycles. The fourth-order valence-electron chi connectivity index (χ4n) is 3.15. The summed E-state index contributed by atoms with van der Waals surface area (Å²) in [5.74, 6) is 1.46. The molecule has 3 aromatic rings. The third-order valence-electron chi connectivity index (χ3n) is 4.76. The number of hydrogen-bond donors (Lipinski definition) is 0. The molecule has 1 saturated heterocycles. The van der Waals surface area contributed by atoms with Gasteiger partial charge in [-0.2, -0.15) is 0 Å². The fraction of sp³-hybridized carbons (Fsp3) is 0.120. The summed E-state index contributed by atoms with van der Waals surface area (Å²) in [6, 6.07) is 25.0. The smallest absolute Gasteiger partial charge is 0.267 e. The topological polar surface area (TPSA) is 51.1 Å². The van der Waals surface area contributed by atoms with Gasteiger partial charge in [0.2, 0.25) is 0 Å². The normalized spacial score (nSPS) is 16.2. The van der Waals surface area contributed by atoms with Gasteiger partial charge >= 0.3 is 0 Å². The summed E-state index contributed by atoms with van der Waals surface area (Å²) in [6.07, 6.45) is 1.89. The quantitative estimate of drug-likeness (QED) is 0.484. The lowest BCUT2D eigenvalue weighted by Gasteiger charge is -2.16. The van der Waals surface area contributed by atoms with E-state index in [2.05, 4.69) is 0 Å². The number of amidine groups is 1. The molecular formula is C25H22N2O3S. The molecule has 0 N–H and O–H groups in total. The van der Waals surface area contributed by atoms with Gasteiger partial charge in [0.1, 0.15) is 11.5 Å². The Morgan fingerprint density at radius 2 is 1.65 bits per heavy atom. The standard InChI is InChI=1S/C25H22N2O3S/c1-29-21-13-11-18(12-14-21)16-23-24(28)27(17-19-7-6-10-22(15-19)30-2)25(31-23)26-20-8-4-3-5-9-20/h3-16H,17H2,1-2H3/b23-16-,26-25?. The molecule has 0 aromatic heterocycles. The first kappa shape index (κ1) is 20.8. The zero-order chi connectivity index (χ0) is 21.6. The number of benzene rings is 3. The average Bonchev–Trinajstić information content (AvgIpc) is 3.09. The molecule has 31 heavy (non-hydrogen) atoms. The van der Waals surface area contributed by atoms with Gasteiger partial charge in [0.25, 0.3) is 5.91 Å². The summed E-state index contributed by atoms with van der Waals surface area (Å²) >= 11 is 1.38. The highest BCUT2D eigenvalue weighted by atomic mass is 32.2. The SMILES string of the molecule is COc1ccc(/C=C2\SC(=Nc3ccccc3)N(Cc3cccc(OC)c3)C2=O)cc1. The zero-order valence-corrected chi connectivity index (χ0v) is 18.1. The van der Waals surface area contributed by atoms with Gasteiger partial charge in [0, 0.05) is 0 Å². The number of rotatable bonds is 6. The Labute approximate surface area is 186 Å². The van der Waals surface area contributed by atoms with E-state index in [4.69, 9.17) is 14.5 Å². The molecule has 1 aliphatic heterocycles. The highest BCUT2D eigenvalue weighted by Gasteiger charge is 2.33. The van der Waals surface area contributed by atoms with E-state index in [9.17, 15) is 4.79 Å². The monoisotopic (exact) mass is 430 g/mol. The van der Waals surface area contributed by atoms with Gasteiger partial charge in [-0.05, 0) is 65.4 Å². The van der Waals surface area contributed by atoms with E-state index >= 15 is 0 Å². The molecule has 0 spiro atoms. The Balaban J connectivity index is 1.67. The molecule has 4 rings (SSSR count). The summed E-state index contributed by atoms with van der Waals surface area (Å²) in [6.45, 7) is 0.411. The number of nitrogens with zero attached hydrogens (tertiary/aromatic N) is 2. The molecule has 6 heteroatoms. The minimum atomic E-state index is -0.0710. The van der Waals surface area contributed by atoms with Crippen LogP contribution in [0.5, 0.6) is 11.5 Å². The van der Waals surface area contributed by atoms with Crippen molar-refractivity contribution in [2.45, 2.75) is 6.54 Å². The van der Waals surface area contributed by atoms with Crippen molar-refractivity contribution in [3.63, 3.8) is 0 Å². The van der Waals surface area contributed by atoms with Crippen molar-refractivity contribution in [1.29, 1.82) is 0 Å². The molecule has 1 amide bonds. The van der Waals surface area contributed by atoms with Crippen molar-refractivity contribution in [2.75, 3.05) is 14.2 Å². The van der Waals surface area contributed by atoms with Crippen LogP contribution < -0.4 is 9.47 Å². The van der Waals surface area contributed by atoms with Crippen LogP contribution in [0.2, 0.25) is 0 Å². The van der Waals surface area contributed by atoms with Crippen molar-refractivity contribution in [3.8, 4) is 11.5 Å². The molecule has 0 unspecified atom stereocenters. The summed E-state index contributed by atoms with van der Waals surface area (Å²) in [5.41, 5.74) is 2.71. The van der Waals surface area contributed by atoms with E-state index in [-0.39, 0.29) is 5.91 Å². The maximum Gasteiger partial charge on any atom is 0.267 e. The van der Waals surface area contributed by atoms with E-state index < -0.39 is 0 Å². The molecule has 0 saturated carbocycles. The van der Waals surface area contributed by atoms with Gasteiger partial charge in [-0.3, -0.25) is 9.69 Å². The van der Waals surface area contributed by atoms with Crippen LogP contribution in [-0.4, -0.2) is 30.2 Å². The van der Waals surface area contributed by atoms with E-state index in [0.717, 1.165) is 28.3 Å². The van der Waals surface area contributed by atoms with E-state index in [1.54, 1.807) is 19.1 Å². The lowest BCUT2D eigenvalue weighted by Crippen LogP contribution is -2.28. The van der Waals surface area contributed by atoms with Crippen LogP contribution in [0.15, 0.2) is 88.8 Å². The van der Waals surface area contributed by atoms with E-state index in [1.807, 2.05) is 84.9 Å². The molecule has 0 aliphatic carbocycles. The highest BCUT2D eigenvalue weighted by Crippen LogP contribution is 2.35. The highest BCUT2D eigenvalue weighted by molar-refractivity contribution is 8.18. The summed E-state index contributed by atoms with van der Waals surface area (Å²) < 4.78 is 10.5. The Hall–Kier alpha value is -3.51. The van der Waals surface area contributed by atoms with Gasteiger partial charge in [0.05, 0.1) is 31.4 Å². The van der Waals surface area contributed by atoms with Crippen molar-refractivity contribution >= 4 is 34.6 Å². The molecule has 1 fully saturated rings. The second kappa shape index (κ2) is 9.53. The second-order valence-electron chi connectivity index (χ2n) is 6.86. The predicted octanol–water partition coefficient (Wildman–Crippen LogP) is 5.51. The number of carbonyl (C=O) groups is 1. The van der Waals surface area contributed by atoms with Gasteiger partial charge < -0.3 is 9.47 Å². The first-order valence-corrected chi connectivity index (χ1v) is 10.6. The van der Waals surface area contributed by atoms with Crippen LogP contribution in [0, 0.1) is 0 Å². The number of ether oxygens (including phenoxy) is 2. The van der Waals surface area contributed by atoms with Gasteiger partial charge in [0.15, 0.2) is 5.17 Å². The summed E-state index contributed by atoms with van der Waals surface area (Å²) in [7, 11) is 3.26. The van der Waals surface area contributed by atoms with Crippen LogP contribution in [0.3, 0.4) is 0 Å². The third-order valence-corrected chi connectivity index (χ3v) is 5.76. The maximum absolute atomic E-state index is 13.3. The van der Waals surface area contributed by atoms with Crippen LogP contribution in [0.4, 0.5) is 5.69 Å². The Bertz CT molecular complexity index is 1130. The van der Waals surface area contributed by atoms with Crippen LogP contribution in [-0.2, 0) is 11.3 Å². The Morgan fingerprint density at radius 3 is 2.35 bits per heavy atom. The maximum atomic E-state index is 13.3. The number of hydrogen-bond acceptors (Lipinski definition) is 5. The van der Waals surface area contributed by atoms with Crippen molar-refractivity contribution < 1.29 is 14.3 Å². The van der Waals surface area contributed by atoms with Crippen LogP contribution in [0.25, 0.3) is 6.08 Å². The van der Waals surface area contributed by atoms with Gasteiger partial charge in [-0.25, -0.2) is 4.99 Å². The summed E-state index contributed by atoms with van der Waals surface area (Å²) in [4.78, 5) is 20.4. The minimum absolute atomic E-state index is 0.0710. The lowest BCUT2D eigenvalue weighted by molar-refractivity contribution is -0.122. The first-order chi connectivity index (χ1) is 15.2. The van der Waals surface area contributed by atoms with Crippen LogP contribution in [0.1, 0.15) is 11.1 Å². The molecule has 5 nitrogen and oxygen atoms in total. The second-order valence-corrected chi connectivity index (χ2v) is 7.87. The van der Waals surface area contributed by atoms with Crippen molar-refractivity contribution in [3.05, 3.63) is 94.9 Å². The number of amides is 1. The molecular weight excluding hydrogens is 408 g/mol. The molecule has 1 aliphatic rings. The average molecular weight is 431 g/mol. The zero-order valence-electron chi connectivity index (χ0n) is 17.3. The van der Waals surface area contributed by atoms with Crippen molar-refractivity contribution in [2.24, 2.45) is 4.99 Å². The Kier molecular flexibility index (Phi) is 6.38. The van der Waals surface area contributed by atoms with E-state index in [1.165, 1.54) is 11.8 Å². The molecule has 3 aromatic carbocycles. The molecule has 0 bridgehead atoms.